The number of anilines is 1. The number of carbonyl (C=O) groups is 1. The van der Waals surface area contributed by atoms with E-state index in [2.05, 4.69) is 32.2 Å². The number of hydrogen-bond acceptors (Lipinski definition) is 3. The molecule has 0 unspecified atom stereocenters. The van der Waals surface area contributed by atoms with E-state index in [1.165, 1.54) is 12.0 Å². The number of rotatable bonds is 5. The van der Waals surface area contributed by atoms with Crippen molar-refractivity contribution in [2.45, 2.75) is 69.4 Å². The molecule has 3 N–H and O–H groups in total. The fourth-order valence-corrected chi connectivity index (χ4v) is 3.71. The van der Waals surface area contributed by atoms with Crippen molar-refractivity contribution >= 4 is 35.8 Å². The summed E-state index contributed by atoms with van der Waals surface area (Å²) in [4.78, 5) is 12.6. The Morgan fingerprint density at radius 3 is 2.57 bits per heavy atom. The van der Waals surface area contributed by atoms with E-state index in [0.29, 0.717) is 5.25 Å². The van der Waals surface area contributed by atoms with Crippen LogP contribution in [0, 0.1) is 6.92 Å². The summed E-state index contributed by atoms with van der Waals surface area (Å²) >= 11 is 1.92. The molecular formula is C18H29ClN2OS. The zero-order chi connectivity index (χ0) is 16.2. The fraction of sp³-hybridized carbons (Fsp3) is 0.611. The summed E-state index contributed by atoms with van der Waals surface area (Å²) in [6.07, 6.45) is 4.87. The number of nitrogens with two attached hydrogens (primary N) is 1. The first-order chi connectivity index (χ1) is 10.4. The molecule has 0 aliphatic heterocycles. The second-order valence-electron chi connectivity index (χ2n) is 6.62. The van der Waals surface area contributed by atoms with Crippen LogP contribution in [0.3, 0.4) is 0 Å². The molecule has 1 aliphatic rings. The standard InChI is InChI=1S/C18H28N2OS.ClH/c1-13(2)22-12-15-8-7-9-16(14(15)3)20-17(21)18(19)10-5-4-6-11-18;/h7-9,13H,4-6,10-12,19H2,1-3H3,(H,20,21);1H. The monoisotopic (exact) mass is 356 g/mol. The smallest absolute Gasteiger partial charge is 0.244 e. The van der Waals surface area contributed by atoms with Gasteiger partial charge in [0.1, 0.15) is 0 Å². The van der Waals surface area contributed by atoms with E-state index in [1.54, 1.807) is 0 Å². The Bertz CT molecular complexity index is 528. The molecule has 1 saturated carbocycles. The van der Waals surface area contributed by atoms with E-state index in [-0.39, 0.29) is 18.3 Å². The van der Waals surface area contributed by atoms with Gasteiger partial charge in [-0.15, -0.1) is 12.4 Å². The lowest BCUT2D eigenvalue weighted by atomic mass is 9.82. The summed E-state index contributed by atoms with van der Waals surface area (Å²) in [7, 11) is 0. The van der Waals surface area contributed by atoms with Gasteiger partial charge in [-0.2, -0.15) is 11.8 Å². The maximum absolute atomic E-state index is 12.6. The topological polar surface area (TPSA) is 55.1 Å². The second-order valence-corrected chi connectivity index (χ2v) is 8.19. The molecule has 3 nitrogen and oxygen atoms in total. The molecule has 0 atom stereocenters. The molecule has 0 radical (unpaired) electrons. The number of thioether (sulfide) groups is 1. The van der Waals surface area contributed by atoms with Gasteiger partial charge < -0.3 is 11.1 Å². The highest BCUT2D eigenvalue weighted by Gasteiger charge is 2.35. The first kappa shape index (κ1) is 20.3. The predicted octanol–water partition coefficient (Wildman–Crippen LogP) is 4.66. The molecule has 1 aromatic rings. The van der Waals surface area contributed by atoms with Crippen LogP contribution in [0.25, 0.3) is 0 Å². The zero-order valence-electron chi connectivity index (χ0n) is 14.4. The number of benzene rings is 1. The largest absolute Gasteiger partial charge is 0.324 e. The van der Waals surface area contributed by atoms with Crippen molar-refractivity contribution < 1.29 is 4.79 Å². The van der Waals surface area contributed by atoms with Crippen LogP contribution in [0.4, 0.5) is 5.69 Å². The zero-order valence-corrected chi connectivity index (χ0v) is 16.0. The molecule has 0 aromatic heterocycles. The second kappa shape index (κ2) is 8.95. The van der Waals surface area contributed by atoms with Gasteiger partial charge in [0, 0.05) is 11.4 Å². The van der Waals surface area contributed by atoms with E-state index in [1.807, 2.05) is 23.9 Å². The summed E-state index contributed by atoms with van der Waals surface area (Å²) in [6, 6.07) is 6.13. The highest BCUT2D eigenvalue weighted by molar-refractivity contribution is 7.99. The van der Waals surface area contributed by atoms with E-state index < -0.39 is 5.54 Å². The van der Waals surface area contributed by atoms with E-state index in [0.717, 1.165) is 42.7 Å². The molecule has 0 spiro atoms. The third-order valence-corrected chi connectivity index (χ3v) is 5.61. The van der Waals surface area contributed by atoms with Crippen LogP contribution in [-0.4, -0.2) is 16.7 Å². The number of carbonyl (C=O) groups excluding carboxylic acids is 1. The summed E-state index contributed by atoms with van der Waals surface area (Å²) in [6.45, 7) is 6.48. The van der Waals surface area contributed by atoms with Gasteiger partial charge in [0.05, 0.1) is 5.54 Å². The van der Waals surface area contributed by atoms with Crippen LogP contribution < -0.4 is 11.1 Å². The Morgan fingerprint density at radius 1 is 1.30 bits per heavy atom. The van der Waals surface area contributed by atoms with Gasteiger partial charge in [-0.3, -0.25) is 4.79 Å². The molecule has 1 amide bonds. The van der Waals surface area contributed by atoms with Gasteiger partial charge in [-0.25, -0.2) is 0 Å². The third-order valence-electron chi connectivity index (χ3n) is 4.46. The minimum Gasteiger partial charge on any atom is -0.324 e. The first-order valence-electron chi connectivity index (χ1n) is 8.23. The van der Waals surface area contributed by atoms with Gasteiger partial charge in [-0.05, 0) is 42.2 Å². The van der Waals surface area contributed by atoms with Crippen molar-refractivity contribution in [3.8, 4) is 0 Å². The van der Waals surface area contributed by atoms with Crippen LogP contribution in [0.15, 0.2) is 18.2 Å². The SMILES string of the molecule is Cc1c(CSC(C)C)cccc1NC(=O)C1(N)CCCCC1.Cl. The van der Waals surface area contributed by atoms with E-state index >= 15 is 0 Å². The Balaban J connectivity index is 0.00000264. The third kappa shape index (κ3) is 5.40. The predicted molar refractivity (Wildman–Crippen MR) is 103 cm³/mol. The molecule has 2 rings (SSSR count). The summed E-state index contributed by atoms with van der Waals surface area (Å²) in [5, 5.41) is 3.68. The molecule has 0 bridgehead atoms. The normalized spacial score (nSPS) is 16.7. The number of halogens is 1. The summed E-state index contributed by atoms with van der Waals surface area (Å²) in [5.74, 6) is 0.949. The molecule has 130 valence electrons. The molecule has 1 aromatic carbocycles. The first-order valence-corrected chi connectivity index (χ1v) is 9.28. The lowest BCUT2D eigenvalue weighted by Crippen LogP contribution is -2.52. The quantitative estimate of drug-likeness (QED) is 0.806. The summed E-state index contributed by atoms with van der Waals surface area (Å²) < 4.78 is 0. The average molecular weight is 357 g/mol. The van der Waals surface area contributed by atoms with Crippen LogP contribution >= 0.6 is 24.2 Å². The molecule has 5 heteroatoms. The Labute approximate surface area is 150 Å². The number of nitrogens with one attached hydrogen (secondary N) is 1. The van der Waals surface area contributed by atoms with Crippen LogP contribution in [0.2, 0.25) is 0 Å². The minimum absolute atomic E-state index is 0. The van der Waals surface area contributed by atoms with Gasteiger partial charge in [-0.1, -0.05) is 45.2 Å². The molecular weight excluding hydrogens is 328 g/mol. The average Bonchev–Trinajstić information content (AvgIpc) is 2.48. The lowest BCUT2D eigenvalue weighted by molar-refractivity contribution is -0.122. The highest BCUT2D eigenvalue weighted by Crippen LogP contribution is 2.29. The number of amides is 1. The fourth-order valence-electron chi connectivity index (χ4n) is 2.89. The van der Waals surface area contributed by atoms with Crippen molar-refractivity contribution in [1.82, 2.24) is 0 Å². The summed E-state index contributed by atoms with van der Waals surface area (Å²) in [5.41, 5.74) is 8.98. The van der Waals surface area contributed by atoms with E-state index in [9.17, 15) is 4.79 Å². The van der Waals surface area contributed by atoms with Gasteiger partial charge in [0.2, 0.25) is 5.91 Å². The van der Waals surface area contributed by atoms with Crippen LogP contribution in [0.5, 0.6) is 0 Å². The minimum atomic E-state index is -0.687. The molecule has 0 saturated heterocycles. The Hall–Kier alpha value is -0.710. The molecule has 1 aliphatic carbocycles. The van der Waals surface area contributed by atoms with Gasteiger partial charge in [0.25, 0.3) is 0 Å². The lowest BCUT2D eigenvalue weighted by Gasteiger charge is -2.32. The molecule has 23 heavy (non-hydrogen) atoms. The van der Waals surface area contributed by atoms with Gasteiger partial charge >= 0.3 is 0 Å². The van der Waals surface area contributed by atoms with Crippen LogP contribution in [-0.2, 0) is 10.5 Å². The highest BCUT2D eigenvalue weighted by atomic mass is 35.5. The van der Waals surface area contributed by atoms with Crippen molar-refractivity contribution in [2.24, 2.45) is 5.73 Å². The van der Waals surface area contributed by atoms with Crippen molar-refractivity contribution in [3.05, 3.63) is 29.3 Å². The van der Waals surface area contributed by atoms with Crippen molar-refractivity contribution in [1.29, 1.82) is 0 Å². The van der Waals surface area contributed by atoms with E-state index in [4.69, 9.17) is 5.73 Å². The van der Waals surface area contributed by atoms with Crippen LogP contribution in [0.1, 0.15) is 57.1 Å². The maximum atomic E-state index is 12.6. The maximum Gasteiger partial charge on any atom is 0.244 e. The van der Waals surface area contributed by atoms with Crippen molar-refractivity contribution in [3.63, 3.8) is 0 Å². The Kier molecular flexibility index (Phi) is 7.91. The van der Waals surface area contributed by atoms with Crippen molar-refractivity contribution in [2.75, 3.05) is 5.32 Å². The molecule has 1 fully saturated rings. The van der Waals surface area contributed by atoms with Gasteiger partial charge in [0.15, 0.2) is 0 Å². The Morgan fingerprint density at radius 2 is 1.96 bits per heavy atom. The number of hydrogen-bond donors (Lipinski definition) is 2. The molecule has 0 heterocycles.